The van der Waals surface area contributed by atoms with E-state index in [0.29, 0.717) is 19.0 Å². The average Bonchev–Trinajstić information content (AvgIpc) is 3.44. The van der Waals surface area contributed by atoms with Gasteiger partial charge >= 0.3 is 0 Å². The van der Waals surface area contributed by atoms with Crippen molar-refractivity contribution in [3.63, 3.8) is 0 Å². The summed E-state index contributed by atoms with van der Waals surface area (Å²) in [6.45, 7) is 8.37. The number of pyridine rings is 2. The van der Waals surface area contributed by atoms with E-state index in [1.807, 2.05) is 49.5 Å². The maximum absolute atomic E-state index is 12.6. The molecule has 0 bridgehead atoms. The van der Waals surface area contributed by atoms with Crippen molar-refractivity contribution in [3.05, 3.63) is 119 Å². The number of fused-ring (bicyclic) bond motifs is 1. The highest BCUT2D eigenvalue weighted by Gasteiger charge is 2.13. The number of amides is 2. The first-order valence-corrected chi connectivity index (χ1v) is 13.7. The van der Waals surface area contributed by atoms with Crippen LogP contribution < -0.4 is 15.4 Å². The Morgan fingerprint density at radius 1 is 0.976 bits per heavy atom. The van der Waals surface area contributed by atoms with Gasteiger partial charge in [-0.05, 0) is 91.6 Å². The third kappa shape index (κ3) is 6.55. The van der Waals surface area contributed by atoms with Crippen LogP contribution in [0.25, 0.3) is 22.7 Å². The van der Waals surface area contributed by atoms with Gasteiger partial charge in [-0.1, -0.05) is 24.3 Å². The third-order valence-corrected chi connectivity index (χ3v) is 7.05. The Kier molecular flexibility index (Phi) is 8.43. The number of anilines is 1. The van der Waals surface area contributed by atoms with Gasteiger partial charge in [0.05, 0.1) is 6.54 Å². The molecule has 2 aromatic carbocycles. The number of aromatic nitrogens is 3. The van der Waals surface area contributed by atoms with Gasteiger partial charge in [-0.3, -0.25) is 9.59 Å². The van der Waals surface area contributed by atoms with Crippen molar-refractivity contribution in [2.45, 2.75) is 40.8 Å². The number of benzene rings is 2. The molecule has 0 atom stereocenters. The SMILES string of the molecule is CC(=O)Nc1ccc(C=CC(=O)NCc2cccn2-c2ccc(C)c(COc3cccc4ccc(C)nc34)c2C)cn1. The molecule has 0 saturated carbocycles. The molecular weight excluding hydrogens is 526 g/mol. The maximum atomic E-state index is 12.6. The van der Waals surface area contributed by atoms with Crippen LogP contribution in [0, 0.1) is 20.8 Å². The lowest BCUT2D eigenvalue weighted by atomic mass is 10.0. The predicted molar refractivity (Wildman–Crippen MR) is 165 cm³/mol. The molecule has 3 aromatic heterocycles. The Labute approximate surface area is 245 Å². The largest absolute Gasteiger partial charge is 0.487 e. The van der Waals surface area contributed by atoms with Gasteiger partial charge in [-0.25, -0.2) is 9.97 Å². The molecule has 5 rings (SSSR count). The molecule has 2 N–H and O–H groups in total. The second-order valence-corrected chi connectivity index (χ2v) is 10.2. The van der Waals surface area contributed by atoms with Crippen LogP contribution in [-0.4, -0.2) is 26.3 Å². The first kappa shape index (κ1) is 28.3. The summed E-state index contributed by atoms with van der Waals surface area (Å²) in [6.07, 6.45) is 6.75. The van der Waals surface area contributed by atoms with Gasteiger partial charge in [-0.15, -0.1) is 0 Å². The van der Waals surface area contributed by atoms with Crippen LogP contribution in [0.5, 0.6) is 5.75 Å². The van der Waals surface area contributed by atoms with E-state index in [9.17, 15) is 9.59 Å². The molecule has 0 saturated heterocycles. The summed E-state index contributed by atoms with van der Waals surface area (Å²) in [7, 11) is 0. The average molecular weight is 560 g/mol. The minimum atomic E-state index is -0.220. The molecule has 42 heavy (non-hydrogen) atoms. The van der Waals surface area contributed by atoms with Gasteiger partial charge < -0.3 is 19.9 Å². The number of carbonyl (C=O) groups excluding carboxylic acids is 2. The molecule has 0 spiro atoms. The van der Waals surface area contributed by atoms with E-state index < -0.39 is 0 Å². The molecule has 0 unspecified atom stereocenters. The van der Waals surface area contributed by atoms with Crippen LogP contribution >= 0.6 is 0 Å². The van der Waals surface area contributed by atoms with Crippen molar-refractivity contribution < 1.29 is 14.3 Å². The summed E-state index contributed by atoms with van der Waals surface area (Å²) in [5, 5.41) is 6.63. The van der Waals surface area contributed by atoms with E-state index in [1.165, 1.54) is 13.0 Å². The zero-order valence-corrected chi connectivity index (χ0v) is 24.1. The van der Waals surface area contributed by atoms with Crippen molar-refractivity contribution in [3.8, 4) is 11.4 Å². The number of rotatable bonds is 9. The van der Waals surface area contributed by atoms with Crippen molar-refractivity contribution >= 4 is 34.6 Å². The van der Waals surface area contributed by atoms with Crippen LogP contribution in [0.4, 0.5) is 5.82 Å². The molecule has 0 radical (unpaired) electrons. The van der Waals surface area contributed by atoms with Gasteiger partial charge in [0.1, 0.15) is 23.7 Å². The highest BCUT2D eigenvalue weighted by atomic mass is 16.5. The summed E-state index contributed by atoms with van der Waals surface area (Å²) in [5.41, 5.74) is 7.91. The topological polar surface area (TPSA) is 98.1 Å². The zero-order valence-electron chi connectivity index (χ0n) is 24.1. The minimum Gasteiger partial charge on any atom is -0.487 e. The van der Waals surface area contributed by atoms with Crippen molar-refractivity contribution in [1.29, 1.82) is 0 Å². The number of carbonyl (C=O) groups is 2. The molecule has 3 heterocycles. The molecule has 0 aliphatic rings. The molecule has 0 aliphatic carbocycles. The smallest absolute Gasteiger partial charge is 0.244 e. The van der Waals surface area contributed by atoms with Crippen molar-refractivity contribution in [1.82, 2.24) is 19.9 Å². The number of aryl methyl sites for hydroxylation is 2. The van der Waals surface area contributed by atoms with Gasteiger partial charge in [0.2, 0.25) is 11.8 Å². The second-order valence-electron chi connectivity index (χ2n) is 10.2. The van der Waals surface area contributed by atoms with Gasteiger partial charge in [0.25, 0.3) is 0 Å². The normalized spacial score (nSPS) is 11.1. The van der Waals surface area contributed by atoms with Gasteiger partial charge in [0, 0.05) is 47.9 Å². The lowest BCUT2D eigenvalue weighted by molar-refractivity contribution is -0.116. The van der Waals surface area contributed by atoms with E-state index in [4.69, 9.17) is 9.72 Å². The Morgan fingerprint density at radius 2 is 1.83 bits per heavy atom. The first-order chi connectivity index (χ1) is 20.3. The van der Waals surface area contributed by atoms with Crippen molar-refractivity contribution in [2.24, 2.45) is 0 Å². The van der Waals surface area contributed by atoms with Gasteiger partial charge in [-0.2, -0.15) is 0 Å². The highest BCUT2D eigenvalue weighted by Crippen LogP contribution is 2.28. The maximum Gasteiger partial charge on any atom is 0.244 e. The first-order valence-electron chi connectivity index (χ1n) is 13.7. The number of nitrogens with zero attached hydrogens (tertiary/aromatic N) is 3. The third-order valence-electron chi connectivity index (χ3n) is 7.05. The Balaban J connectivity index is 1.27. The fourth-order valence-corrected chi connectivity index (χ4v) is 4.81. The number of para-hydroxylation sites is 1. The molecule has 0 aliphatic heterocycles. The van der Waals surface area contributed by atoms with E-state index in [-0.39, 0.29) is 11.8 Å². The molecule has 2 amide bonds. The number of hydrogen-bond acceptors (Lipinski definition) is 5. The summed E-state index contributed by atoms with van der Waals surface area (Å²) in [4.78, 5) is 32.6. The molecule has 212 valence electrons. The highest BCUT2D eigenvalue weighted by molar-refractivity contribution is 5.92. The summed E-state index contributed by atoms with van der Waals surface area (Å²) >= 11 is 0. The molecule has 0 fully saturated rings. The van der Waals surface area contributed by atoms with Crippen LogP contribution in [0.3, 0.4) is 0 Å². The fraction of sp³-hybridized carbons (Fsp3) is 0.176. The lowest BCUT2D eigenvalue weighted by Crippen LogP contribution is -2.22. The standard InChI is InChI=1S/C34H33N5O3/c1-22-10-15-30(24(3)29(22)21-42-31-9-5-7-27-14-11-23(2)37-34(27)31)39-18-6-8-28(39)20-36-33(41)17-13-26-12-16-32(35-19-26)38-25(4)40/h5-19H,20-21H2,1-4H3,(H,36,41)(H,35,38,40). The van der Waals surface area contributed by atoms with E-state index in [2.05, 4.69) is 52.2 Å². The number of ether oxygens (including phenoxy) is 1. The number of hydrogen-bond donors (Lipinski definition) is 2. The Bertz CT molecular complexity index is 1790. The summed E-state index contributed by atoms with van der Waals surface area (Å²) in [6, 6.07) is 21.7. The van der Waals surface area contributed by atoms with Gasteiger partial charge in [0.15, 0.2) is 0 Å². The predicted octanol–water partition coefficient (Wildman–Crippen LogP) is 6.21. The van der Waals surface area contributed by atoms with E-state index in [1.54, 1.807) is 24.4 Å². The van der Waals surface area contributed by atoms with Crippen LogP contribution in [-0.2, 0) is 22.7 Å². The molecule has 5 aromatic rings. The van der Waals surface area contributed by atoms with E-state index >= 15 is 0 Å². The quantitative estimate of drug-likeness (QED) is 0.209. The van der Waals surface area contributed by atoms with Crippen LogP contribution in [0.2, 0.25) is 0 Å². The number of nitrogens with one attached hydrogen (secondary N) is 2. The minimum absolute atomic E-state index is 0.186. The fourth-order valence-electron chi connectivity index (χ4n) is 4.81. The Hall–Kier alpha value is -5.24. The summed E-state index contributed by atoms with van der Waals surface area (Å²) < 4.78 is 8.42. The lowest BCUT2D eigenvalue weighted by Gasteiger charge is -2.18. The zero-order chi connectivity index (χ0) is 29.6. The molecule has 8 heteroatoms. The van der Waals surface area contributed by atoms with Crippen LogP contribution in [0.15, 0.2) is 85.2 Å². The monoisotopic (exact) mass is 559 g/mol. The Morgan fingerprint density at radius 3 is 2.62 bits per heavy atom. The van der Waals surface area contributed by atoms with Crippen molar-refractivity contribution in [2.75, 3.05) is 5.32 Å². The summed E-state index contributed by atoms with van der Waals surface area (Å²) in [5.74, 6) is 0.820. The second kappa shape index (κ2) is 12.5. The van der Waals surface area contributed by atoms with E-state index in [0.717, 1.165) is 56.0 Å². The van der Waals surface area contributed by atoms with Crippen LogP contribution in [0.1, 0.15) is 40.6 Å². The molecular formula is C34H33N5O3. The molecule has 8 nitrogen and oxygen atoms in total.